The molecule has 6 heteroatoms. The van der Waals surface area contributed by atoms with Gasteiger partial charge in [0, 0.05) is 45.3 Å². The number of fused-ring (bicyclic) bond motifs is 1. The highest BCUT2D eigenvalue weighted by Gasteiger charge is 2.19. The van der Waals surface area contributed by atoms with Crippen LogP contribution in [0.2, 0.25) is 0 Å². The molecule has 27 heavy (non-hydrogen) atoms. The summed E-state index contributed by atoms with van der Waals surface area (Å²) >= 11 is 0. The first kappa shape index (κ1) is 17.9. The summed E-state index contributed by atoms with van der Waals surface area (Å²) in [6.45, 7) is 6.37. The molecule has 0 amide bonds. The third-order valence-corrected chi connectivity index (χ3v) is 5.13. The van der Waals surface area contributed by atoms with Gasteiger partial charge in [0.05, 0.1) is 14.2 Å². The maximum absolute atomic E-state index is 5.48. The zero-order valence-corrected chi connectivity index (χ0v) is 15.9. The predicted octanol–water partition coefficient (Wildman–Crippen LogP) is 2.75. The van der Waals surface area contributed by atoms with Crippen LogP contribution in [0.4, 0.5) is 0 Å². The standard InChI is InChI=1S/C21H26N2O4/c1-24-18-9-17(10-19(12-18)25-2)14-23-7-5-22(6-8-23)13-16-3-4-20-21(11-16)27-15-26-20/h3-4,9-12H,5-8,13-15H2,1-2H3. The lowest BCUT2D eigenvalue weighted by Crippen LogP contribution is -2.45. The molecule has 2 aromatic carbocycles. The fraction of sp³-hybridized carbons (Fsp3) is 0.429. The van der Waals surface area contributed by atoms with Gasteiger partial charge in [-0.2, -0.15) is 0 Å². The highest BCUT2D eigenvalue weighted by atomic mass is 16.7. The number of hydrogen-bond acceptors (Lipinski definition) is 6. The minimum Gasteiger partial charge on any atom is -0.497 e. The van der Waals surface area contributed by atoms with Gasteiger partial charge in [-0.1, -0.05) is 6.07 Å². The van der Waals surface area contributed by atoms with Gasteiger partial charge in [-0.25, -0.2) is 0 Å². The van der Waals surface area contributed by atoms with E-state index in [0.717, 1.165) is 62.3 Å². The van der Waals surface area contributed by atoms with Crippen molar-refractivity contribution in [1.82, 2.24) is 9.80 Å². The van der Waals surface area contributed by atoms with E-state index in [0.29, 0.717) is 6.79 Å². The Morgan fingerprint density at radius 2 is 1.33 bits per heavy atom. The highest BCUT2D eigenvalue weighted by Crippen LogP contribution is 2.33. The number of hydrogen-bond donors (Lipinski definition) is 0. The largest absolute Gasteiger partial charge is 0.497 e. The summed E-state index contributed by atoms with van der Waals surface area (Å²) in [4.78, 5) is 4.96. The van der Waals surface area contributed by atoms with E-state index in [1.54, 1.807) is 14.2 Å². The van der Waals surface area contributed by atoms with Gasteiger partial charge in [-0.3, -0.25) is 9.80 Å². The average molecular weight is 370 g/mol. The third-order valence-electron chi connectivity index (χ3n) is 5.13. The zero-order valence-electron chi connectivity index (χ0n) is 15.9. The van der Waals surface area contributed by atoms with Crippen molar-refractivity contribution < 1.29 is 18.9 Å². The molecule has 0 bridgehead atoms. The Morgan fingerprint density at radius 3 is 1.96 bits per heavy atom. The highest BCUT2D eigenvalue weighted by molar-refractivity contribution is 5.44. The van der Waals surface area contributed by atoms with Crippen molar-refractivity contribution in [3.05, 3.63) is 47.5 Å². The van der Waals surface area contributed by atoms with Crippen LogP contribution in [0.3, 0.4) is 0 Å². The first-order valence-electron chi connectivity index (χ1n) is 9.28. The second-order valence-electron chi connectivity index (χ2n) is 6.96. The van der Waals surface area contributed by atoms with Crippen molar-refractivity contribution >= 4 is 0 Å². The lowest BCUT2D eigenvalue weighted by atomic mass is 10.1. The Hall–Kier alpha value is -2.44. The monoisotopic (exact) mass is 370 g/mol. The van der Waals surface area contributed by atoms with Gasteiger partial charge in [-0.15, -0.1) is 0 Å². The number of rotatable bonds is 6. The molecular weight excluding hydrogens is 344 g/mol. The first-order valence-corrected chi connectivity index (χ1v) is 9.28. The Kier molecular flexibility index (Phi) is 5.36. The van der Waals surface area contributed by atoms with Crippen LogP contribution >= 0.6 is 0 Å². The van der Waals surface area contributed by atoms with Crippen LogP contribution in [-0.2, 0) is 13.1 Å². The summed E-state index contributed by atoms with van der Waals surface area (Å²) in [6.07, 6.45) is 0. The second kappa shape index (κ2) is 8.06. The van der Waals surface area contributed by atoms with Gasteiger partial charge in [0.1, 0.15) is 11.5 Å². The van der Waals surface area contributed by atoms with Crippen LogP contribution in [0.25, 0.3) is 0 Å². The Bertz CT molecular complexity index is 765. The Balaban J connectivity index is 1.31. The summed E-state index contributed by atoms with van der Waals surface area (Å²) in [5.41, 5.74) is 2.49. The molecule has 144 valence electrons. The third kappa shape index (κ3) is 4.28. The molecule has 2 aliphatic heterocycles. The molecule has 0 saturated carbocycles. The van der Waals surface area contributed by atoms with Crippen molar-refractivity contribution in [3.8, 4) is 23.0 Å². The second-order valence-corrected chi connectivity index (χ2v) is 6.96. The van der Waals surface area contributed by atoms with E-state index in [2.05, 4.69) is 34.1 Å². The molecule has 0 N–H and O–H groups in total. The van der Waals surface area contributed by atoms with Crippen molar-refractivity contribution in [3.63, 3.8) is 0 Å². The maximum Gasteiger partial charge on any atom is 0.231 e. The number of ether oxygens (including phenoxy) is 4. The molecule has 0 atom stereocenters. The quantitative estimate of drug-likeness (QED) is 0.779. The molecule has 0 aromatic heterocycles. The summed E-state index contributed by atoms with van der Waals surface area (Å²) in [5.74, 6) is 3.38. The van der Waals surface area contributed by atoms with Crippen molar-refractivity contribution in [2.45, 2.75) is 13.1 Å². The lowest BCUT2D eigenvalue weighted by Gasteiger charge is -2.34. The van der Waals surface area contributed by atoms with E-state index >= 15 is 0 Å². The molecule has 0 spiro atoms. The molecule has 2 aliphatic rings. The fourth-order valence-electron chi connectivity index (χ4n) is 3.62. The molecule has 0 unspecified atom stereocenters. The van der Waals surface area contributed by atoms with Gasteiger partial charge >= 0.3 is 0 Å². The van der Waals surface area contributed by atoms with Crippen molar-refractivity contribution in [2.24, 2.45) is 0 Å². The molecule has 2 heterocycles. The molecule has 2 aromatic rings. The van der Waals surface area contributed by atoms with E-state index in [-0.39, 0.29) is 0 Å². The van der Waals surface area contributed by atoms with Crippen LogP contribution in [0.1, 0.15) is 11.1 Å². The molecule has 4 rings (SSSR count). The Labute approximate surface area is 160 Å². The minimum absolute atomic E-state index is 0.326. The normalized spacial score (nSPS) is 17.1. The van der Waals surface area contributed by atoms with E-state index in [1.165, 1.54) is 11.1 Å². The first-order chi connectivity index (χ1) is 13.2. The Morgan fingerprint density at radius 1 is 0.741 bits per heavy atom. The van der Waals surface area contributed by atoms with Gasteiger partial charge in [0.2, 0.25) is 6.79 Å². The number of piperazine rings is 1. The van der Waals surface area contributed by atoms with E-state index in [1.807, 2.05) is 12.1 Å². The lowest BCUT2D eigenvalue weighted by molar-refractivity contribution is 0.122. The summed E-state index contributed by atoms with van der Waals surface area (Å²) < 4.78 is 21.6. The van der Waals surface area contributed by atoms with Crippen LogP contribution in [0.15, 0.2) is 36.4 Å². The van der Waals surface area contributed by atoms with Crippen LogP contribution in [0.5, 0.6) is 23.0 Å². The topological polar surface area (TPSA) is 43.4 Å². The van der Waals surface area contributed by atoms with Gasteiger partial charge in [-0.05, 0) is 35.4 Å². The number of nitrogens with zero attached hydrogens (tertiary/aromatic N) is 2. The SMILES string of the molecule is COc1cc(CN2CCN(Cc3ccc4c(c3)OCO4)CC2)cc(OC)c1. The van der Waals surface area contributed by atoms with Gasteiger partial charge in [0.25, 0.3) is 0 Å². The summed E-state index contributed by atoms with van der Waals surface area (Å²) in [7, 11) is 3.38. The summed E-state index contributed by atoms with van der Waals surface area (Å²) in [5, 5.41) is 0. The van der Waals surface area contributed by atoms with Crippen LogP contribution in [0, 0.1) is 0 Å². The summed E-state index contributed by atoms with van der Waals surface area (Å²) in [6, 6.07) is 12.3. The molecule has 0 radical (unpaired) electrons. The smallest absolute Gasteiger partial charge is 0.231 e. The van der Waals surface area contributed by atoms with Crippen molar-refractivity contribution in [2.75, 3.05) is 47.2 Å². The van der Waals surface area contributed by atoms with Crippen molar-refractivity contribution in [1.29, 1.82) is 0 Å². The van der Waals surface area contributed by atoms with E-state index < -0.39 is 0 Å². The van der Waals surface area contributed by atoms with Gasteiger partial charge < -0.3 is 18.9 Å². The zero-order chi connectivity index (χ0) is 18.6. The van der Waals surface area contributed by atoms with Gasteiger partial charge in [0.15, 0.2) is 11.5 Å². The molecule has 1 saturated heterocycles. The number of benzene rings is 2. The average Bonchev–Trinajstić information content (AvgIpc) is 3.17. The van der Waals surface area contributed by atoms with E-state index in [9.17, 15) is 0 Å². The number of methoxy groups -OCH3 is 2. The molecule has 1 fully saturated rings. The fourth-order valence-corrected chi connectivity index (χ4v) is 3.62. The van der Waals surface area contributed by atoms with E-state index in [4.69, 9.17) is 18.9 Å². The maximum atomic E-state index is 5.48. The minimum atomic E-state index is 0.326. The molecule has 0 aliphatic carbocycles. The molecule has 6 nitrogen and oxygen atoms in total. The predicted molar refractivity (Wildman–Crippen MR) is 103 cm³/mol. The molecular formula is C21H26N2O4. The van der Waals surface area contributed by atoms with Crippen LogP contribution < -0.4 is 18.9 Å². The van der Waals surface area contributed by atoms with Crippen LogP contribution in [-0.4, -0.2) is 57.0 Å².